The van der Waals surface area contributed by atoms with Crippen molar-refractivity contribution in [2.75, 3.05) is 0 Å². The lowest BCUT2D eigenvalue weighted by Gasteiger charge is -2.01. The van der Waals surface area contributed by atoms with Gasteiger partial charge >= 0.3 is 0 Å². The van der Waals surface area contributed by atoms with E-state index in [4.69, 9.17) is 4.74 Å². The first-order valence-corrected chi connectivity index (χ1v) is 5.36. The van der Waals surface area contributed by atoms with E-state index in [1.165, 1.54) is 13.1 Å². The minimum atomic E-state index is -0.0112. The summed E-state index contributed by atoms with van der Waals surface area (Å²) in [4.78, 5) is 15.1. The van der Waals surface area contributed by atoms with Crippen molar-refractivity contribution in [1.82, 2.24) is 14.8 Å². The van der Waals surface area contributed by atoms with Gasteiger partial charge in [0.25, 0.3) is 0 Å². The maximum atomic E-state index is 11.1. The molecule has 2 aromatic rings. The van der Waals surface area contributed by atoms with Crippen molar-refractivity contribution in [2.24, 2.45) is 0 Å². The Kier molecular flexibility index (Phi) is 3.18. The molecule has 5 nitrogen and oxygen atoms in total. The van der Waals surface area contributed by atoms with Crippen molar-refractivity contribution < 1.29 is 9.53 Å². The molecular weight excluding hydrogens is 218 g/mol. The Balaban J connectivity index is 2.10. The number of carbonyl (C=O) groups is 1. The minimum Gasteiger partial charge on any atom is -0.436 e. The monoisotopic (exact) mass is 231 g/mol. The topological polar surface area (TPSA) is 57.0 Å². The van der Waals surface area contributed by atoms with Crippen LogP contribution in [0.4, 0.5) is 0 Å². The van der Waals surface area contributed by atoms with Gasteiger partial charge in [-0.05, 0) is 19.9 Å². The van der Waals surface area contributed by atoms with Crippen LogP contribution in [0.2, 0.25) is 0 Å². The summed E-state index contributed by atoms with van der Waals surface area (Å²) in [6.45, 7) is 4.29. The molecular formula is C12H13N3O2. The fraction of sp³-hybridized carbons (Fsp3) is 0.250. The average Bonchev–Trinajstić information content (AvgIpc) is 2.77. The molecule has 0 aliphatic carbocycles. The summed E-state index contributed by atoms with van der Waals surface area (Å²) in [6, 6.07) is 3.36. The van der Waals surface area contributed by atoms with Crippen LogP contribution >= 0.6 is 0 Å². The molecule has 0 saturated carbocycles. The van der Waals surface area contributed by atoms with Gasteiger partial charge in [0.1, 0.15) is 0 Å². The van der Waals surface area contributed by atoms with Crippen LogP contribution in [0.1, 0.15) is 24.2 Å². The fourth-order valence-electron chi connectivity index (χ4n) is 1.34. The Bertz CT molecular complexity index is 517. The molecule has 0 fully saturated rings. The summed E-state index contributed by atoms with van der Waals surface area (Å²) in [5.41, 5.74) is 0.571. The van der Waals surface area contributed by atoms with Gasteiger partial charge in [-0.3, -0.25) is 9.48 Å². The second kappa shape index (κ2) is 4.78. The molecule has 5 heteroatoms. The highest BCUT2D eigenvalue weighted by Crippen LogP contribution is 2.18. The summed E-state index contributed by atoms with van der Waals surface area (Å²) in [5, 5.41) is 4.09. The third-order valence-electron chi connectivity index (χ3n) is 2.30. The normalized spacial score (nSPS) is 10.2. The SMILES string of the molecule is CCn1cc(Oc2ccc(C(C)=O)cn2)cn1. The van der Waals surface area contributed by atoms with Crippen molar-refractivity contribution in [3.63, 3.8) is 0 Å². The maximum absolute atomic E-state index is 11.1. The predicted molar refractivity (Wildman–Crippen MR) is 62.2 cm³/mol. The molecule has 0 spiro atoms. The van der Waals surface area contributed by atoms with E-state index in [2.05, 4.69) is 10.1 Å². The number of nitrogens with zero attached hydrogens (tertiary/aromatic N) is 3. The third kappa shape index (κ3) is 2.69. The summed E-state index contributed by atoms with van der Waals surface area (Å²) < 4.78 is 7.25. The Morgan fingerprint density at radius 2 is 2.24 bits per heavy atom. The highest BCUT2D eigenvalue weighted by atomic mass is 16.5. The molecule has 0 saturated heterocycles. The van der Waals surface area contributed by atoms with Gasteiger partial charge in [0, 0.05) is 24.4 Å². The van der Waals surface area contributed by atoms with Crippen LogP contribution < -0.4 is 4.74 Å². The lowest BCUT2D eigenvalue weighted by Crippen LogP contribution is -1.94. The summed E-state index contributed by atoms with van der Waals surface area (Å²) in [7, 11) is 0. The zero-order valence-electron chi connectivity index (χ0n) is 9.75. The molecule has 0 amide bonds. The maximum Gasteiger partial charge on any atom is 0.219 e. The molecule has 0 aromatic carbocycles. The molecule has 17 heavy (non-hydrogen) atoms. The number of Topliss-reactive ketones (excluding diaryl/α,β-unsaturated/α-hetero) is 1. The first-order valence-electron chi connectivity index (χ1n) is 5.36. The molecule has 2 rings (SSSR count). The van der Waals surface area contributed by atoms with E-state index in [1.54, 1.807) is 29.2 Å². The Morgan fingerprint density at radius 3 is 2.76 bits per heavy atom. The Labute approximate surface area is 99.1 Å². The lowest BCUT2D eigenvalue weighted by molar-refractivity contribution is 0.101. The molecule has 2 aromatic heterocycles. The van der Waals surface area contributed by atoms with E-state index in [1.807, 2.05) is 6.92 Å². The van der Waals surface area contributed by atoms with Crippen molar-refractivity contribution in [3.8, 4) is 11.6 Å². The number of pyridine rings is 1. The van der Waals surface area contributed by atoms with Crippen molar-refractivity contribution in [2.45, 2.75) is 20.4 Å². The van der Waals surface area contributed by atoms with Crippen LogP contribution in [0.5, 0.6) is 11.6 Å². The number of aryl methyl sites for hydroxylation is 1. The van der Waals surface area contributed by atoms with Crippen molar-refractivity contribution in [1.29, 1.82) is 0 Å². The van der Waals surface area contributed by atoms with Crippen LogP contribution in [-0.4, -0.2) is 20.5 Å². The molecule has 0 aliphatic heterocycles. The van der Waals surface area contributed by atoms with E-state index in [-0.39, 0.29) is 5.78 Å². The van der Waals surface area contributed by atoms with Crippen LogP contribution in [0, 0.1) is 0 Å². The van der Waals surface area contributed by atoms with Crippen molar-refractivity contribution in [3.05, 3.63) is 36.3 Å². The van der Waals surface area contributed by atoms with Crippen LogP contribution in [-0.2, 0) is 6.54 Å². The number of hydrogen-bond acceptors (Lipinski definition) is 4. The molecule has 0 aliphatic rings. The number of aromatic nitrogens is 3. The van der Waals surface area contributed by atoms with Crippen LogP contribution in [0.25, 0.3) is 0 Å². The lowest BCUT2D eigenvalue weighted by atomic mass is 10.2. The van der Waals surface area contributed by atoms with Gasteiger partial charge in [0.2, 0.25) is 5.88 Å². The van der Waals surface area contributed by atoms with E-state index in [9.17, 15) is 4.79 Å². The number of rotatable bonds is 4. The van der Waals surface area contributed by atoms with E-state index < -0.39 is 0 Å². The zero-order valence-corrected chi connectivity index (χ0v) is 9.75. The van der Waals surface area contributed by atoms with E-state index >= 15 is 0 Å². The van der Waals surface area contributed by atoms with Gasteiger partial charge in [-0.1, -0.05) is 0 Å². The standard InChI is InChI=1S/C12H13N3O2/c1-3-15-8-11(7-14-15)17-12-5-4-10(6-13-12)9(2)16/h4-8H,3H2,1-2H3. The van der Waals surface area contributed by atoms with Gasteiger partial charge in [0.15, 0.2) is 11.5 Å². The van der Waals surface area contributed by atoms with Crippen molar-refractivity contribution >= 4 is 5.78 Å². The number of ether oxygens (including phenoxy) is 1. The number of carbonyl (C=O) groups excluding carboxylic acids is 1. The first kappa shape index (κ1) is 11.3. The van der Waals surface area contributed by atoms with Crippen LogP contribution in [0.15, 0.2) is 30.7 Å². The fourth-order valence-corrected chi connectivity index (χ4v) is 1.34. The third-order valence-corrected chi connectivity index (χ3v) is 2.30. The largest absolute Gasteiger partial charge is 0.436 e. The second-order valence-electron chi connectivity index (χ2n) is 3.58. The van der Waals surface area contributed by atoms with E-state index in [0.717, 1.165) is 6.54 Å². The molecule has 0 atom stereocenters. The summed E-state index contributed by atoms with van der Waals surface area (Å²) >= 11 is 0. The summed E-state index contributed by atoms with van der Waals surface area (Å²) in [5.74, 6) is 1.07. The molecule has 0 unspecified atom stereocenters. The molecule has 0 N–H and O–H groups in total. The highest BCUT2D eigenvalue weighted by Gasteiger charge is 2.03. The molecule has 0 bridgehead atoms. The second-order valence-corrected chi connectivity index (χ2v) is 3.58. The number of ketones is 1. The van der Waals surface area contributed by atoms with Crippen LogP contribution in [0.3, 0.4) is 0 Å². The Morgan fingerprint density at radius 1 is 1.41 bits per heavy atom. The molecule has 2 heterocycles. The average molecular weight is 231 g/mol. The predicted octanol–water partition coefficient (Wildman–Crippen LogP) is 2.29. The van der Waals surface area contributed by atoms with Gasteiger partial charge in [0.05, 0.1) is 12.4 Å². The quantitative estimate of drug-likeness (QED) is 0.757. The molecule has 88 valence electrons. The number of hydrogen-bond donors (Lipinski definition) is 0. The summed E-state index contributed by atoms with van der Waals surface area (Å²) in [6.07, 6.45) is 4.92. The van der Waals surface area contributed by atoms with Gasteiger partial charge in [-0.15, -0.1) is 0 Å². The smallest absolute Gasteiger partial charge is 0.219 e. The van der Waals surface area contributed by atoms with Gasteiger partial charge in [-0.2, -0.15) is 5.10 Å². The van der Waals surface area contributed by atoms with Gasteiger partial charge < -0.3 is 4.74 Å². The van der Waals surface area contributed by atoms with Gasteiger partial charge in [-0.25, -0.2) is 4.98 Å². The highest BCUT2D eigenvalue weighted by molar-refractivity contribution is 5.93. The minimum absolute atomic E-state index is 0.0112. The first-order chi connectivity index (χ1) is 8.19. The Hall–Kier alpha value is -2.17. The molecule has 0 radical (unpaired) electrons. The van der Waals surface area contributed by atoms with E-state index in [0.29, 0.717) is 17.2 Å². The zero-order chi connectivity index (χ0) is 12.3.